The summed E-state index contributed by atoms with van der Waals surface area (Å²) >= 11 is 1.60. The highest BCUT2D eigenvalue weighted by molar-refractivity contribution is 7.98. The van der Waals surface area contributed by atoms with Crippen LogP contribution in [0.5, 0.6) is 0 Å². The molecule has 114 valence electrons. The first-order chi connectivity index (χ1) is 10.0. The highest BCUT2D eigenvalue weighted by Crippen LogP contribution is 2.24. The molecular weight excluding hydrogens is 280 g/mol. The van der Waals surface area contributed by atoms with E-state index in [0.717, 1.165) is 24.5 Å². The summed E-state index contributed by atoms with van der Waals surface area (Å²) in [5.74, 6) is 1.63. The fourth-order valence-corrected chi connectivity index (χ4v) is 2.78. The van der Waals surface area contributed by atoms with E-state index < -0.39 is 0 Å². The number of aryl methyl sites for hydroxylation is 1. The van der Waals surface area contributed by atoms with Crippen molar-refractivity contribution in [1.29, 1.82) is 0 Å². The topological polar surface area (TPSA) is 38.9 Å². The Hall–Kier alpha value is -1.29. The third kappa shape index (κ3) is 6.34. The highest BCUT2D eigenvalue weighted by Gasteiger charge is 2.11. The third-order valence-corrected chi connectivity index (χ3v) is 4.11. The van der Waals surface area contributed by atoms with Crippen molar-refractivity contribution in [2.45, 2.75) is 57.4 Å². The van der Waals surface area contributed by atoms with Crippen LogP contribution in [0.4, 0.5) is 0 Å². The van der Waals surface area contributed by atoms with Crippen LogP contribution in [0.2, 0.25) is 0 Å². The zero-order chi connectivity index (χ0) is 15.1. The number of aromatic nitrogens is 2. The summed E-state index contributed by atoms with van der Waals surface area (Å²) < 4.78 is 5.68. The van der Waals surface area contributed by atoms with E-state index in [2.05, 4.69) is 43.1 Å². The number of benzene rings is 1. The van der Waals surface area contributed by atoms with Gasteiger partial charge in [-0.15, -0.1) is 10.2 Å². The van der Waals surface area contributed by atoms with Gasteiger partial charge in [-0.3, -0.25) is 0 Å². The van der Waals surface area contributed by atoms with Crippen LogP contribution in [-0.2, 0) is 12.2 Å². The molecule has 0 aliphatic carbocycles. The van der Waals surface area contributed by atoms with E-state index in [1.807, 2.05) is 18.2 Å². The lowest BCUT2D eigenvalue weighted by molar-refractivity contribution is 0.351. The minimum atomic E-state index is 0.408. The van der Waals surface area contributed by atoms with Gasteiger partial charge in [0.05, 0.1) is 0 Å². The van der Waals surface area contributed by atoms with Crippen molar-refractivity contribution in [3.8, 4) is 0 Å². The molecule has 1 aromatic carbocycles. The molecule has 0 bridgehead atoms. The maximum atomic E-state index is 5.68. The van der Waals surface area contributed by atoms with Gasteiger partial charge in [0.2, 0.25) is 5.89 Å². The summed E-state index contributed by atoms with van der Waals surface area (Å²) in [7, 11) is 0. The fourth-order valence-electron chi connectivity index (χ4n) is 2.05. The van der Waals surface area contributed by atoms with E-state index in [9.17, 15) is 0 Å². The van der Waals surface area contributed by atoms with Gasteiger partial charge in [-0.1, -0.05) is 69.3 Å². The Morgan fingerprint density at radius 1 is 1.05 bits per heavy atom. The Balaban J connectivity index is 1.71. The standard InChI is InChI=1S/C17H24N2OS/c1-17(2,3)12-8-7-11-15-18-19-16(20-15)21-13-14-9-5-4-6-10-14/h4-6,9-10H,7-8,11-13H2,1-3H3. The summed E-state index contributed by atoms with van der Waals surface area (Å²) in [4.78, 5) is 0. The summed E-state index contributed by atoms with van der Waals surface area (Å²) in [6.07, 6.45) is 4.44. The van der Waals surface area contributed by atoms with E-state index in [0.29, 0.717) is 10.6 Å². The van der Waals surface area contributed by atoms with Crippen molar-refractivity contribution in [3.05, 3.63) is 41.8 Å². The van der Waals surface area contributed by atoms with Crippen LogP contribution in [0, 0.1) is 5.41 Å². The lowest BCUT2D eigenvalue weighted by atomic mass is 9.89. The minimum Gasteiger partial charge on any atom is -0.416 e. The van der Waals surface area contributed by atoms with Gasteiger partial charge in [0.25, 0.3) is 5.22 Å². The molecular formula is C17H24N2OS. The maximum absolute atomic E-state index is 5.68. The first-order valence-electron chi connectivity index (χ1n) is 7.52. The average molecular weight is 304 g/mol. The van der Waals surface area contributed by atoms with E-state index in [-0.39, 0.29) is 0 Å². The van der Waals surface area contributed by atoms with Gasteiger partial charge in [0, 0.05) is 12.2 Å². The fraction of sp³-hybridized carbons (Fsp3) is 0.529. The van der Waals surface area contributed by atoms with Crippen molar-refractivity contribution in [1.82, 2.24) is 10.2 Å². The molecule has 4 heteroatoms. The molecule has 0 saturated heterocycles. The van der Waals surface area contributed by atoms with Gasteiger partial charge >= 0.3 is 0 Å². The van der Waals surface area contributed by atoms with Crippen molar-refractivity contribution in [2.75, 3.05) is 0 Å². The van der Waals surface area contributed by atoms with Crippen molar-refractivity contribution in [2.24, 2.45) is 5.41 Å². The van der Waals surface area contributed by atoms with Gasteiger partial charge in [0.1, 0.15) is 0 Å². The zero-order valence-corrected chi connectivity index (χ0v) is 13.9. The molecule has 0 radical (unpaired) electrons. The molecule has 0 amide bonds. The van der Waals surface area contributed by atoms with Gasteiger partial charge in [0.15, 0.2) is 0 Å². The molecule has 0 aliphatic rings. The maximum Gasteiger partial charge on any atom is 0.276 e. The Morgan fingerprint density at radius 2 is 1.81 bits per heavy atom. The molecule has 2 rings (SSSR count). The van der Waals surface area contributed by atoms with Crippen LogP contribution in [0.1, 0.15) is 51.5 Å². The van der Waals surface area contributed by atoms with Gasteiger partial charge in [-0.2, -0.15) is 0 Å². The average Bonchev–Trinajstić information content (AvgIpc) is 2.89. The second-order valence-corrected chi connectivity index (χ2v) is 7.43. The molecule has 2 aromatic rings. The molecule has 0 fully saturated rings. The number of nitrogens with zero attached hydrogens (tertiary/aromatic N) is 2. The predicted octanol–water partition coefficient (Wildman–Crippen LogP) is 5.12. The van der Waals surface area contributed by atoms with Crippen molar-refractivity contribution < 1.29 is 4.42 Å². The quantitative estimate of drug-likeness (QED) is 0.525. The largest absolute Gasteiger partial charge is 0.416 e. The lowest BCUT2D eigenvalue weighted by Crippen LogP contribution is -2.04. The van der Waals surface area contributed by atoms with Crippen LogP contribution in [0.25, 0.3) is 0 Å². The second-order valence-electron chi connectivity index (χ2n) is 6.50. The van der Waals surface area contributed by atoms with Crippen LogP contribution >= 0.6 is 11.8 Å². The van der Waals surface area contributed by atoms with E-state index in [1.54, 1.807) is 11.8 Å². The predicted molar refractivity (Wildman–Crippen MR) is 87.3 cm³/mol. The normalized spacial score (nSPS) is 11.8. The smallest absolute Gasteiger partial charge is 0.276 e. The number of rotatable bonds is 7. The zero-order valence-electron chi connectivity index (χ0n) is 13.1. The summed E-state index contributed by atoms with van der Waals surface area (Å²) in [6.45, 7) is 6.83. The molecule has 1 aromatic heterocycles. The third-order valence-electron chi connectivity index (χ3n) is 3.22. The monoisotopic (exact) mass is 304 g/mol. The highest BCUT2D eigenvalue weighted by atomic mass is 32.2. The SMILES string of the molecule is CC(C)(C)CCCCc1nnc(SCc2ccccc2)o1. The second kappa shape index (κ2) is 7.64. The number of thioether (sulfide) groups is 1. The van der Waals surface area contributed by atoms with Crippen LogP contribution in [0.3, 0.4) is 0 Å². The molecule has 0 aliphatic heterocycles. The van der Waals surface area contributed by atoms with Crippen LogP contribution < -0.4 is 0 Å². The first-order valence-corrected chi connectivity index (χ1v) is 8.51. The molecule has 0 atom stereocenters. The Labute approximate surface area is 131 Å². The van der Waals surface area contributed by atoms with E-state index in [1.165, 1.54) is 18.4 Å². The number of unbranched alkanes of at least 4 members (excludes halogenated alkanes) is 1. The Bertz CT molecular complexity index is 531. The Kier molecular flexibility index (Phi) is 5.85. The minimum absolute atomic E-state index is 0.408. The molecule has 3 nitrogen and oxygen atoms in total. The van der Waals surface area contributed by atoms with Gasteiger partial charge in [-0.05, 0) is 23.8 Å². The van der Waals surface area contributed by atoms with Gasteiger partial charge in [-0.25, -0.2) is 0 Å². The van der Waals surface area contributed by atoms with Crippen LogP contribution in [0.15, 0.2) is 40.0 Å². The Morgan fingerprint density at radius 3 is 2.52 bits per heavy atom. The summed E-state index contributed by atoms with van der Waals surface area (Å²) in [5.41, 5.74) is 1.68. The molecule has 0 spiro atoms. The molecule has 0 unspecified atom stereocenters. The lowest BCUT2D eigenvalue weighted by Gasteiger charge is -2.16. The van der Waals surface area contributed by atoms with E-state index in [4.69, 9.17) is 4.42 Å². The number of hydrogen-bond acceptors (Lipinski definition) is 4. The van der Waals surface area contributed by atoms with Gasteiger partial charge < -0.3 is 4.42 Å². The molecule has 1 heterocycles. The summed E-state index contributed by atoms with van der Waals surface area (Å²) in [5, 5.41) is 8.90. The van der Waals surface area contributed by atoms with Crippen LogP contribution in [-0.4, -0.2) is 10.2 Å². The summed E-state index contributed by atoms with van der Waals surface area (Å²) in [6, 6.07) is 10.3. The molecule has 0 N–H and O–H groups in total. The molecule has 0 saturated carbocycles. The van der Waals surface area contributed by atoms with Crippen molar-refractivity contribution in [3.63, 3.8) is 0 Å². The van der Waals surface area contributed by atoms with Crippen molar-refractivity contribution >= 4 is 11.8 Å². The molecule has 21 heavy (non-hydrogen) atoms. The van der Waals surface area contributed by atoms with E-state index >= 15 is 0 Å². The number of hydrogen-bond donors (Lipinski definition) is 0. The first kappa shape index (κ1) is 16.1.